The lowest BCUT2D eigenvalue weighted by molar-refractivity contribution is -0.120. The molecule has 0 aromatic heterocycles. The van der Waals surface area contributed by atoms with Crippen LogP contribution in [0.3, 0.4) is 0 Å². The summed E-state index contributed by atoms with van der Waals surface area (Å²) in [5.74, 6) is 1.15. The molecule has 173 valence electrons. The molecular weight excluding hydrogens is 455 g/mol. The van der Waals surface area contributed by atoms with Gasteiger partial charge in [0.25, 0.3) is 0 Å². The molecule has 1 atom stereocenters. The largest absolute Gasteiger partial charge is 0.355 e. The molecule has 1 saturated heterocycles. The third kappa shape index (κ3) is 7.62. The van der Waals surface area contributed by atoms with E-state index in [0.29, 0.717) is 24.7 Å². The van der Waals surface area contributed by atoms with E-state index in [2.05, 4.69) is 5.32 Å². The zero-order valence-electron chi connectivity index (χ0n) is 18.0. The fraction of sp³-hybridized carbons (Fsp3) is 0.565. The molecule has 1 aromatic rings. The molecule has 2 fully saturated rings. The molecule has 1 unspecified atom stereocenters. The standard InChI is InChI=1S/C21H29Cl2N2O3S.2CH2/c22-18-10-11-20(19(23)13-18)29(27,28)25-12-6-7-16(15-25)14-24-21(26)17-8-4-2-1-3-5-9-17;;/h10-11,13,16H,1-9,12,14-15H2,(H,24,26);2*1H2. The fourth-order valence-corrected chi connectivity index (χ4v) is 6.46. The summed E-state index contributed by atoms with van der Waals surface area (Å²) < 4.78 is 27.5. The predicted molar refractivity (Wildman–Crippen MR) is 127 cm³/mol. The molecule has 8 heteroatoms. The van der Waals surface area contributed by atoms with Crippen LogP contribution in [-0.2, 0) is 14.8 Å². The molecule has 1 aliphatic carbocycles. The lowest BCUT2D eigenvalue weighted by atomic mass is 9.90. The lowest BCUT2D eigenvalue weighted by Gasteiger charge is -2.32. The van der Waals surface area contributed by atoms with Crippen molar-refractivity contribution in [1.29, 1.82) is 0 Å². The summed E-state index contributed by atoms with van der Waals surface area (Å²) in [6.07, 6.45) is 9.24. The number of amides is 1. The zero-order valence-corrected chi connectivity index (χ0v) is 20.4. The van der Waals surface area contributed by atoms with Crippen molar-refractivity contribution in [3.05, 3.63) is 49.0 Å². The van der Waals surface area contributed by atoms with Crippen molar-refractivity contribution in [3.8, 4) is 0 Å². The Morgan fingerprint density at radius 1 is 1.03 bits per heavy atom. The predicted octanol–water partition coefficient (Wildman–Crippen LogP) is 5.48. The second-order valence-corrected chi connectivity index (χ2v) is 10.8. The minimum absolute atomic E-state index is 0. The van der Waals surface area contributed by atoms with Crippen LogP contribution in [0, 0.1) is 26.7 Å². The third-order valence-electron chi connectivity index (χ3n) is 5.82. The van der Waals surface area contributed by atoms with Gasteiger partial charge in [0.05, 0.1) is 10.9 Å². The Bertz CT molecular complexity index is 809. The summed E-state index contributed by atoms with van der Waals surface area (Å²) in [4.78, 5) is 12.7. The van der Waals surface area contributed by atoms with E-state index in [1.807, 2.05) is 0 Å². The molecule has 5 nitrogen and oxygen atoms in total. The first-order chi connectivity index (χ1) is 13.9. The first-order valence-electron chi connectivity index (χ1n) is 10.5. The summed E-state index contributed by atoms with van der Waals surface area (Å²) >= 11 is 12.0. The van der Waals surface area contributed by atoms with Crippen LogP contribution in [0.4, 0.5) is 0 Å². The Labute approximate surface area is 198 Å². The van der Waals surface area contributed by atoms with Crippen LogP contribution in [0.5, 0.6) is 0 Å². The third-order valence-corrected chi connectivity index (χ3v) is 8.41. The van der Waals surface area contributed by atoms with Gasteiger partial charge >= 0.3 is 0 Å². The van der Waals surface area contributed by atoms with Gasteiger partial charge in [-0.25, -0.2) is 8.42 Å². The molecular formula is C23H33Cl2N2O3S. The number of benzene rings is 1. The van der Waals surface area contributed by atoms with E-state index in [4.69, 9.17) is 23.2 Å². The average Bonchev–Trinajstić information content (AvgIpc) is 2.66. The summed E-state index contributed by atoms with van der Waals surface area (Å²) in [5, 5.41) is 3.60. The van der Waals surface area contributed by atoms with E-state index in [-0.39, 0.29) is 36.6 Å². The number of piperidine rings is 1. The van der Waals surface area contributed by atoms with Crippen molar-refractivity contribution >= 4 is 39.1 Å². The number of sulfonamides is 1. The zero-order chi connectivity index (χ0) is 20.9. The van der Waals surface area contributed by atoms with Crippen LogP contribution in [0.2, 0.25) is 10.0 Å². The van der Waals surface area contributed by atoms with Crippen molar-refractivity contribution in [2.75, 3.05) is 19.6 Å². The summed E-state index contributed by atoms with van der Waals surface area (Å²) in [5.41, 5.74) is 0. The molecule has 1 aromatic carbocycles. The average molecular weight is 489 g/mol. The van der Waals surface area contributed by atoms with Crippen molar-refractivity contribution < 1.29 is 13.2 Å². The maximum atomic E-state index is 13.0. The summed E-state index contributed by atoms with van der Waals surface area (Å²) in [6, 6.07) is 4.44. The second-order valence-electron chi connectivity index (χ2n) is 8.03. The highest BCUT2D eigenvalue weighted by Gasteiger charge is 2.32. The van der Waals surface area contributed by atoms with Gasteiger partial charge in [-0.1, -0.05) is 70.2 Å². The number of nitrogens with zero attached hydrogens (tertiary/aromatic N) is 1. The normalized spacial score (nSPS) is 21.2. The lowest BCUT2D eigenvalue weighted by Crippen LogP contribution is -2.44. The number of carbonyl (C=O) groups excluding carboxylic acids is 1. The highest BCUT2D eigenvalue weighted by atomic mass is 35.5. The van der Waals surface area contributed by atoms with E-state index in [0.717, 1.165) is 44.4 Å². The molecule has 1 aliphatic heterocycles. The summed E-state index contributed by atoms with van der Waals surface area (Å²) in [6.45, 7) is 1.35. The molecule has 1 amide bonds. The van der Waals surface area contributed by atoms with Gasteiger partial charge in [0.2, 0.25) is 15.9 Å². The Morgan fingerprint density at radius 3 is 2.32 bits per heavy atom. The van der Waals surface area contributed by atoms with Crippen LogP contribution in [-0.4, -0.2) is 38.3 Å². The first kappa shape index (κ1) is 28.2. The van der Waals surface area contributed by atoms with Crippen LogP contribution in [0.25, 0.3) is 0 Å². The number of hydrogen-bond donors (Lipinski definition) is 1. The van der Waals surface area contributed by atoms with Gasteiger partial charge < -0.3 is 5.32 Å². The van der Waals surface area contributed by atoms with Gasteiger partial charge in [-0.2, -0.15) is 4.31 Å². The van der Waals surface area contributed by atoms with Crippen molar-refractivity contribution in [3.63, 3.8) is 0 Å². The Kier molecular flexibility index (Phi) is 11.9. The van der Waals surface area contributed by atoms with Crippen LogP contribution >= 0.6 is 23.2 Å². The minimum atomic E-state index is -3.69. The molecule has 2 aliphatic rings. The number of carbonyl (C=O) groups is 1. The van der Waals surface area contributed by atoms with Crippen LogP contribution in [0.1, 0.15) is 57.8 Å². The molecule has 5 radical (unpaired) electrons. The van der Waals surface area contributed by atoms with Crippen LogP contribution < -0.4 is 5.32 Å². The quantitative estimate of drug-likeness (QED) is 0.597. The van der Waals surface area contributed by atoms with Gasteiger partial charge in [-0.15, -0.1) is 0 Å². The second kappa shape index (κ2) is 13.0. The van der Waals surface area contributed by atoms with E-state index in [9.17, 15) is 13.2 Å². The van der Waals surface area contributed by atoms with Gasteiger partial charge in [0, 0.05) is 24.7 Å². The molecule has 1 heterocycles. The highest BCUT2D eigenvalue weighted by molar-refractivity contribution is 7.89. The molecule has 1 saturated carbocycles. The first-order valence-corrected chi connectivity index (χ1v) is 12.7. The number of rotatable bonds is 5. The molecule has 0 bridgehead atoms. The van der Waals surface area contributed by atoms with Gasteiger partial charge in [-0.05, 0) is 49.8 Å². The van der Waals surface area contributed by atoms with E-state index in [1.165, 1.54) is 41.8 Å². The maximum absolute atomic E-state index is 13.0. The SMILES string of the molecule is O=C(NCC1CCCN(S(=O)(=O)c2ccc(Cl)cc2Cl)C1)[C]1CCCCCCC1.[CH2].[CH2]. The molecule has 1 N–H and O–H groups in total. The van der Waals surface area contributed by atoms with Gasteiger partial charge in [0.15, 0.2) is 0 Å². The maximum Gasteiger partial charge on any atom is 0.244 e. The number of hydrogen-bond acceptors (Lipinski definition) is 3. The Hall–Kier alpha value is -0.820. The molecule has 31 heavy (non-hydrogen) atoms. The number of halogens is 2. The minimum Gasteiger partial charge on any atom is -0.355 e. The monoisotopic (exact) mass is 487 g/mol. The van der Waals surface area contributed by atoms with Crippen molar-refractivity contribution in [1.82, 2.24) is 9.62 Å². The van der Waals surface area contributed by atoms with E-state index >= 15 is 0 Å². The van der Waals surface area contributed by atoms with E-state index in [1.54, 1.807) is 0 Å². The smallest absolute Gasteiger partial charge is 0.244 e. The molecule has 3 rings (SSSR count). The van der Waals surface area contributed by atoms with Gasteiger partial charge in [0.1, 0.15) is 4.90 Å². The topological polar surface area (TPSA) is 66.5 Å². The summed E-state index contributed by atoms with van der Waals surface area (Å²) in [7, 11) is -3.69. The fourth-order valence-electron chi connectivity index (χ4n) is 4.16. The molecule has 0 spiro atoms. The van der Waals surface area contributed by atoms with Gasteiger partial charge in [-0.3, -0.25) is 4.79 Å². The van der Waals surface area contributed by atoms with Crippen molar-refractivity contribution in [2.24, 2.45) is 5.92 Å². The Morgan fingerprint density at radius 2 is 1.68 bits per heavy atom. The number of nitrogens with one attached hydrogen (secondary N) is 1. The highest BCUT2D eigenvalue weighted by Crippen LogP contribution is 2.30. The Balaban J connectivity index is 0.00000240. The van der Waals surface area contributed by atoms with E-state index < -0.39 is 10.0 Å². The van der Waals surface area contributed by atoms with Crippen LogP contribution in [0.15, 0.2) is 23.1 Å². The van der Waals surface area contributed by atoms with Crippen molar-refractivity contribution in [2.45, 2.75) is 62.7 Å².